The summed E-state index contributed by atoms with van der Waals surface area (Å²) in [7, 11) is 0. The quantitative estimate of drug-likeness (QED) is 0.703. The molecular weight excluding hydrogens is 282 g/mol. The maximum Gasteiger partial charge on any atom is 0.234 e. The van der Waals surface area contributed by atoms with E-state index in [9.17, 15) is 9.59 Å². The van der Waals surface area contributed by atoms with Crippen molar-refractivity contribution in [3.05, 3.63) is 29.8 Å². The molecule has 3 N–H and O–H groups in total. The van der Waals surface area contributed by atoms with Gasteiger partial charge in [0.2, 0.25) is 11.8 Å². The van der Waals surface area contributed by atoms with Gasteiger partial charge in [-0.15, -0.1) is 0 Å². The zero-order valence-electron chi connectivity index (χ0n) is 12.9. The third-order valence-corrected chi connectivity index (χ3v) is 3.45. The molecule has 0 aromatic heterocycles. The maximum atomic E-state index is 11.7. The Balaban J connectivity index is 1.63. The van der Waals surface area contributed by atoms with Gasteiger partial charge < -0.3 is 20.7 Å². The van der Waals surface area contributed by atoms with Crippen LogP contribution in [0, 0.1) is 0 Å². The molecule has 0 bridgehead atoms. The van der Waals surface area contributed by atoms with E-state index >= 15 is 0 Å². The molecule has 6 nitrogen and oxygen atoms in total. The van der Waals surface area contributed by atoms with Crippen molar-refractivity contribution in [2.24, 2.45) is 0 Å². The second kappa shape index (κ2) is 8.51. The molecule has 1 saturated heterocycles. The first-order chi connectivity index (χ1) is 10.6. The number of hydrogen-bond acceptors (Lipinski definition) is 4. The molecule has 22 heavy (non-hydrogen) atoms. The van der Waals surface area contributed by atoms with Crippen LogP contribution in [-0.4, -0.2) is 37.6 Å². The first kappa shape index (κ1) is 16.5. The van der Waals surface area contributed by atoms with Crippen molar-refractivity contribution < 1.29 is 14.3 Å². The summed E-state index contributed by atoms with van der Waals surface area (Å²) in [6, 6.07) is 7.40. The van der Waals surface area contributed by atoms with Crippen molar-refractivity contribution in [3.63, 3.8) is 0 Å². The Labute approximate surface area is 130 Å². The van der Waals surface area contributed by atoms with Crippen LogP contribution in [0.15, 0.2) is 24.3 Å². The van der Waals surface area contributed by atoms with Crippen LogP contribution in [-0.2, 0) is 20.9 Å². The van der Waals surface area contributed by atoms with E-state index in [1.807, 2.05) is 24.3 Å². The van der Waals surface area contributed by atoms with Gasteiger partial charge in [-0.05, 0) is 30.5 Å². The molecule has 1 aliphatic heterocycles. The summed E-state index contributed by atoms with van der Waals surface area (Å²) in [6.07, 6.45) is 2.41. The van der Waals surface area contributed by atoms with Gasteiger partial charge >= 0.3 is 0 Å². The number of carbonyl (C=O) groups is 2. The highest BCUT2D eigenvalue weighted by Gasteiger charge is 2.14. The van der Waals surface area contributed by atoms with E-state index < -0.39 is 0 Å². The lowest BCUT2D eigenvalue weighted by molar-refractivity contribution is -0.120. The summed E-state index contributed by atoms with van der Waals surface area (Å²) in [5.74, 6) is -0.137. The Morgan fingerprint density at radius 3 is 2.68 bits per heavy atom. The van der Waals surface area contributed by atoms with Crippen molar-refractivity contribution >= 4 is 17.5 Å². The number of ether oxygens (including phenoxy) is 1. The Bertz CT molecular complexity index is 496. The third kappa shape index (κ3) is 5.83. The molecular formula is C16H23N3O3. The standard InChI is InChI=1S/C16H23N3O3/c1-12(20)19-14-6-4-13(5-7-14)9-18-16(21)11-17-10-15-3-2-8-22-15/h4-7,15,17H,2-3,8-11H2,1H3,(H,18,21)(H,19,20). The predicted octanol–water partition coefficient (Wildman–Crippen LogP) is 1.03. The van der Waals surface area contributed by atoms with Crippen LogP contribution >= 0.6 is 0 Å². The molecule has 0 radical (unpaired) electrons. The molecule has 0 aliphatic carbocycles. The van der Waals surface area contributed by atoms with Crippen LogP contribution in [0.4, 0.5) is 5.69 Å². The summed E-state index contributed by atoms with van der Waals surface area (Å²) in [6.45, 7) is 3.79. The highest BCUT2D eigenvalue weighted by atomic mass is 16.5. The minimum Gasteiger partial charge on any atom is -0.377 e. The fourth-order valence-electron chi connectivity index (χ4n) is 2.32. The average molecular weight is 305 g/mol. The minimum atomic E-state index is -0.0987. The molecule has 1 aromatic rings. The van der Waals surface area contributed by atoms with Crippen molar-refractivity contribution in [1.29, 1.82) is 0 Å². The number of benzene rings is 1. The molecule has 6 heteroatoms. The van der Waals surface area contributed by atoms with Gasteiger partial charge in [-0.3, -0.25) is 9.59 Å². The summed E-state index contributed by atoms with van der Waals surface area (Å²) in [5.41, 5.74) is 1.74. The maximum absolute atomic E-state index is 11.7. The van der Waals surface area contributed by atoms with Crippen LogP contribution in [0.5, 0.6) is 0 Å². The highest BCUT2D eigenvalue weighted by Crippen LogP contribution is 2.10. The number of carbonyl (C=O) groups excluding carboxylic acids is 2. The Morgan fingerprint density at radius 2 is 2.05 bits per heavy atom. The van der Waals surface area contributed by atoms with E-state index in [0.717, 1.165) is 37.2 Å². The molecule has 1 heterocycles. The second-order valence-corrected chi connectivity index (χ2v) is 5.42. The zero-order valence-corrected chi connectivity index (χ0v) is 12.9. The lowest BCUT2D eigenvalue weighted by Crippen LogP contribution is -2.36. The molecule has 2 amide bonds. The fraction of sp³-hybridized carbons (Fsp3) is 0.500. The summed E-state index contributed by atoms with van der Waals surface area (Å²) < 4.78 is 5.48. The monoisotopic (exact) mass is 305 g/mol. The van der Waals surface area contributed by atoms with Crippen LogP contribution in [0.25, 0.3) is 0 Å². The van der Waals surface area contributed by atoms with Crippen LogP contribution in [0.2, 0.25) is 0 Å². The Hall–Kier alpha value is -1.92. The van der Waals surface area contributed by atoms with Gasteiger partial charge in [0.1, 0.15) is 0 Å². The van der Waals surface area contributed by atoms with E-state index in [2.05, 4.69) is 16.0 Å². The minimum absolute atomic E-state index is 0.0380. The lowest BCUT2D eigenvalue weighted by atomic mass is 10.2. The van der Waals surface area contributed by atoms with Gasteiger partial charge in [0.05, 0.1) is 12.6 Å². The van der Waals surface area contributed by atoms with Crippen molar-refractivity contribution in [3.8, 4) is 0 Å². The van der Waals surface area contributed by atoms with Crippen LogP contribution in [0.3, 0.4) is 0 Å². The van der Waals surface area contributed by atoms with Gasteiger partial charge in [-0.25, -0.2) is 0 Å². The Morgan fingerprint density at radius 1 is 1.27 bits per heavy atom. The number of amides is 2. The Kier molecular flexibility index (Phi) is 6.36. The molecule has 1 unspecified atom stereocenters. The van der Waals surface area contributed by atoms with E-state index in [0.29, 0.717) is 13.1 Å². The molecule has 1 atom stereocenters. The molecule has 1 aliphatic rings. The van der Waals surface area contributed by atoms with Crippen LogP contribution < -0.4 is 16.0 Å². The second-order valence-electron chi connectivity index (χ2n) is 5.42. The molecule has 120 valence electrons. The van der Waals surface area contributed by atoms with Crippen molar-refractivity contribution in [1.82, 2.24) is 10.6 Å². The van der Waals surface area contributed by atoms with E-state index in [-0.39, 0.29) is 17.9 Å². The largest absolute Gasteiger partial charge is 0.377 e. The summed E-state index contributed by atoms with van der Waals surface area (Å²) in [5, 5.41) is 8.67. The van der Waals surface area contributed by atoms with Gasteiger partial charge in [0.25, 0.3) is 0 Å². The molecule has 2 rings (SSSR count). The lowest BCUT2D eigenvalue weighted by Gasteiger charge is -2.11. The van der Waals surface area contributed by atoms with Crippen molar-refractivity contribution in [2.45, 2.75) is 32.4 Å². The number of nitrogens with one attached hydrogen (secondary N) is 3. The molecule has 1 fully saturated rings. The summed E-state index contributed by atoms with van der Waals surface area (Å²) in [4.78, 5) is 22.7. The normalized spacial score (nSPS) is 17.2. The van der Waals surface area contributed by atoms with E-state index in [1.165, 1.54) is 6.92 Å². The fourth-order valence-corrected chi connectivity index (χ4v) is 2.32. The van der Waals surface area contributed by atoms with Gasteiger partial charge in [-0.2, -0.15) is 0 Å². The first-order valence-electron chi connectivity index (χ1n) is 7.59. The SMILES string of the molecule is CC(=O)Nc1ccc(CNC(=O)CNCC2CCCO2)cc1. The number of rotatable bonds is 7. The highest BCUT2D eigenvalue weighted by molar-refractivity contribution is 5.88. The zero-order chi connectivity index (χ0) is 15.8. The van der Waals surface area contributed by atoms with Gasteiger partial charge in [0.15, 0.2) is 0 Å². The number of anilines is 1. The molecule has 0 saturated carbocycles. The molecule has 0 spiro atoms. The van der Waals surface area contributed by atoms with Crippen molar-refractivity contribution in [2.75, 3.05) is 25.0 Å². The average Bonchev–Trinajstić information content (AvgIpc) is 2.99. The van der Waals surface area contributed by atoms with E-state index in [1.54, 1.807) is 0 Å². The third-order valence-electron chi connectivity index (χ3n) is 3.45. The summed E-state index contributed by atoms with van der Waals surface area (Å²) >= 11 is 0. The number of hydrogen-bond donors (Lipinski definition) is 3. The molecule has 1 aromatic carbocycles. The van der Waals surface area contributed by atoms with E-state index in [4.69, 9.17) is 4.74 Å². The van der Waals surface area contributed by atoms with Gasteiger partial charge in [-0.1, -0.05) is 12.1 Å². The van der Waals surface area contributed by atoms with Crippen LogP contribution in [0.1, 0.15) is 25.3 Å². The topological polar surface area (TPSA) is 79.5 Å². The van der Waals surface area contributed by atoms with Gasteiger partial charge in [0, 0.05) is 32.3 Å². The predicted molar refractivity (Wildman–Crippen MR) is 84.4 cm³/mol. The first-order valence-corrected chi connectivity index (χ1v) is 7.59. The smallest absolute Gasteiger partial charge is 0.234 e.